The summed E-state index contributed by atoms with van der Waals surface area (Å²) in [4.78, 5) is 12.0. The predicted molar refractivity (Wildman–Crippen MR) is 80.4 cm³/mol. The highest BCUT2D eigenvalue weighted by atomic mass is 16.3. The van der Waals surface area contributed by atoms with Crippen molar-refractivity contribution in [3.05, 3.63) is 60.0 Å². The van der Waals surface area contributed by atoms with E-state index in [4.69, 9.17) is 4.42 Å². The van der Waals surface area contributed by atoms with Crippen LogP contribution in [0.3, 0.4) is 0 Å². The topological polar surface area (TPSA) is 91.1 Å². The van der Waals surface area contributed by atoms with Crippen LogP contribution in [-0.4, -0.2) is 27.8 Å². The molecular weight excluding hydrogens is 282 g/mol. The lowest BCUT2D eigenvalue weighted by Gasteiger charge is -2.03. The monoisotopic (exact) mass is 297 g/mol. The summed E-state index contributed by atoms with van der Waals surface area (Å²) in [7, 11) is 0. The summed E-state index contributed by atoms with van der Waals surface area (Å²) in [6.45, 7) is 0.493. The number of hydrogen-bond acceptors (Lipinski definition) is 4. The molecule has 2 aromatic heterocycles. The van der Waals surface area contributed by atoms with Crippen LogP contribution in [0.25, 0.3) is 11.5 Å². The second-order valence-electron chi connectivity index (χ2n) is 4.82. The second-order valence-corrected chi connectivity index (χ2v) is 4.82. The minimum Gasteiger partial charge on any atom is -0.508 e. The molecule has 1 aromatic carbocycles. The first-order valence-corrected chi connectivity index (χ1v) is 6.88. The van der Waals surface area contributed by atoms with Crippen LogP contribution in [0.2, 0.25) is 0 Å². The van der Waals surface area contributed by atoms with E-state index in [1.54, 1.807) is 36.6 Å². The van der Waals surface area contributed by atoms with E-state index in [9.17, 15) is 9.90 Å². The van der Waals surface area contributed by atoms with Crippen molar-refractivity contribution in [1.82, 2.24) is 15.5 Å². The van der Waals surface area contributed by atoms with Crippen molar-refractivity contribution in [3.63, 3.8) is 0 Å². The Bertz CT molecular complexity index is 745. The summed E-state index contributed by atoms with van der Waals surface area (Å²) in [5, 5.41) is 18.8. The molecule has 3 aromatic rings. The third-order valence-corrected chi connectivity index (χ3v) is 3.23. The molecule has 0 atom stereocenters. The number of nitrogens with one attached hydrogen (secondary N) is 2. The maximum Gasteiger partial charge on any atom is 0.271 e. The first kappa shape index (κ1) is 13.9. The van der Waals surface area contributed by atoms with Crippen LogP contribution in [0, 0.1) is 0 Å². The summed E-state index contributed by atoms with van der Waals surface area (Å²) in [5.74, 6) is 0.623. The van der Waals surface area contributed by atoms with E-state index >= 15 is 0 Å². The highest BCUT2D eigenvalue weighted by molar-refractivity contribution is 5.93. The van der Waals surface area contributed by atoms with Gasteiger partial charge in [0.15, 0.2) is 11.5 Å². The van der Waals surface area contributed by atoms with Gasteiger partial charge in [-0.2, -0.15) is 5.10 Å². The van der Waals surface area contributed by atoms with Crippen molar-refractivity contribution in [3.8, 4) is 17.2 Å². The predicted octanol–water partition coefficient (Wildman–Crippen LogP) is 2.35. The number of nitrogens with zero attached hydrogens (tertiary/aromatic N) is 1. The molecular formula is C16H15N3O3. The van der Waals surface area contributed by atoms with Gasteiger partial charge in [-0.1, -0.05) is 12.1 Å². The van der Waals surface area contributed by atoms with Crippen molar-refractivity contribution in [2.75, 3.05) is 6.54 Å². The normalized spacial score (nSPS) is 10.5. The smallest absolute Gasteiger partial charge is 0.271 e. The van der Waals surface area contributed by atoms with Crippen molar-refractivity contribution in [1.29, 1.82) is 0 Å². The third kappa shape index (κ3) is 3.17. The maximum atomic E-state index is 12.0. The van der Waals surface area contributed by atoms with Crippen molar-refractivity contribution in [2.24, 2.45) is 0 Å². The molecule has 112 valence electrons. The van der Waals surface area contributed by atoms with Gasteiger partial charge in [0.1, 0.15) is 11.4 Å². The Hall–Kier alpha value is -3.02. The molecule has 0 radical (unpaired) electrons. The van der Waals surface area contributed by atoms with Gasteiger partial charge in [0.2, 0.25) is 0 Å². The lowest BCUT2D eigenvalue weighted by molar-refractivity contribution is 0.0949. The first-order chi connectivity index (χ1) is 10.7. The number of aromatic hydroxyl groups is 1. The Morgan fingerprint density at radius 2 is 2.09 bits per heavy atom. The van der Waals surface area contributed by atoms with Crippen LogP contribution in [0.1, 0.15) is 16.1 Å². The van der Waals surface area contributed by atoms with Gasteiger partial charge in [-0.25, -0.2) is 0 Å². The van der Waals surface area contributed by atoms with E-state index in [-0.39, 0.29) is 11.7 Å². The van der Waals surface area contributed by atoms with E-state index in [1.807, 2.05) is 12.1 Å². The molecule has 0 saturated heterocycles. The van der Waals surface area contributed by atoms with Gasteiger partial charge in [0, 0.05) is 12.6 Å². The largest absolute Gasteiger partial charge is 0.508 e. The van der Waals surface area contributed by atoms with Gasteiger partial charge in [-0.05, 0) is 36.2 Å². The molecule has 0 saturated carbocycles. The average molecular weight is 297 g/mol. The van der Waals surface area contributed by atoms with Crippen LogP contribution >= 0.6 is 0 Å². The third-order valence-electron chi connectivity index (χ3n) is 3.23. The SMILES string of the molecule is O=C(NCCc1ccc(O)cc1)c1cc(-c2ccco2)[nH]n1. The van der Waals surface area contributed by atoms with Crippen molar-refractivity contribution < 1.29 is 14.3 Å². The fourth-order valence-electron chi connectivity index (χ4n) is 2.07. The number of benzene rings is 1. The highest BCUT2D eigenvalue weighted by Gasteiger charge is 2.12. The Morgan fingerprint density at radius 1 is 1.27 bits per heavy atom. The summed E-state index contributed by atoms with van der Waals surface area (Å²) in [6.07, 6.45) is 2.25. The molecule has 0 aliphatic rings. The number of carbonyl (C=O) groups is 1. The minimum absolute atomic E-state index is 0.231. The number of hydrogen-bond donors (Lipinski definition) is 3. The van der Waals surface area contributed by atoms with Crippen LogP contribution in [-0.2, 0) is 6.42 Å². The van der Waals surface area contributed by atoms with Gasteiger partial charge in [0.25, 0.3) is 5.91 Å². The summed E-state index contributed by atoms with van der Waals surface area (Å²) >= 11 is 0. The molecule has 0 fully saturated rings. The van der Waals surface area contributed by atoms with Gasteiger partial charge in [0.05, 0.1) is 6.26 Å². The van der Waals surface area contributed by atoms with Crippen molar-refractivity contribution in [2.45, 2.75) is 6.42 Å². The molecule has 0 unspecified atom stereocenters. The number of rotatable bonds is 5. The number of carbonyl (C=O) groups excluding carboxylic acids is 1. The van der Waals surface area contributed by atoms with E-state index in [0.29, 0.717) is 30.1 Å². The van der Waals surface area contributed by atoms with Gasteiger partial charge in [-0.3, -0.25) is 9.89 Å². The summed E-state index contributed by atoms with van der Waals surface area (Å²) < 4.78 is 5.24. The number of amides is 1. The molecule has 3 rings (SSSR count). The van der Waals surface area contributed by atoms with Gasteiger partial charge >= 0.3 is 0 Å². The zero-order valence-corrected chi connectivity index (χ0v) is 11.7. The lowest BCUT2D eigenvalue weighted by Crippen LogP contribution is -2.25. The molecule has 0 spiro atoms. The number of aromatic nitrogens is 2. The van der Waals surface area contributed by atoms with E-state index in [1.165, 1.54) is 0 Å². The highest BCUT2D eigenvalue weighted by Crippen LogP contribution is 2.17. The molecule has 22 heavy (non-hydrogen) atoms. The summed E-state index contributed by atoms with van der Waals surface area (Å²) in [5.41, 5.74) is 2.02. The number of furan rings is 1. The average Bonchev–Trinajstić information content (AvgIpc) is 3.20. The maximum absolute atomic E-state index is 12.0. The molecule has 3 N–H and O–H groups in total. The molecule has 0 aliphatic heterocycles. The number of phenols is 1. The fourth-order valence-corrected chi connectivity index (χ4v) is 2.07. The standard InChI is InChI=1S/C16H15N3O3/c20-12-5-3-11(4-6-12)7-8-17-16(21)14-10-13(18-19-14)15-2-1-9-22-15/h1-6,9-10,20H,7-8H2,(H,17,21)(H,18,19). The molecule has 0 bridgehead atoms. The van der Waals surface area contributed by atoms with Crippen LogP contribution in [0.5, 0.6) is 5.75 Å². The molecule has 2 heterocycles. The Kier molecular flexibility index (Phi) is 3.91. The second kappa shape index (κ2) is 6.17. The molecule has 6 nitrogen and oxygen atoms in total. The fraction of sp³-hybridized carbons (Fsp3) is 0.125. The number of phenolic OH excluding ortho intramolecular Hbond substituents is 1. The Morgan fingerprint density at radius 3 is 2.82 bits per heavy atom. The van der Waals surface area contributed by atoms with E-state index in [0.717, 1.165) is 5.56 Å². The molecule has 6 heteroatoms. The van der Waals surface area contributed by atoms with Crippen molar-refractivity contribution >= 4 is 5.91 Å². The van der Waals surface area contributed by atoms with E-state index < -0.39 is 0 Å². The zero-order valence-electron chi connectivity index (χ0n) is 11.7. The van der Waals surface area contributed by atoms with Crippen LogP contribution < -0.4 is 5.32 Å². The van der Waals surface area contributed by atoms with E-state index in [2.05, 4.69) is 15.5 Å². The molecule has 0 aliphatic carbocycles. The van der Waals surface area contributed by atoms with Gasteiger partial charge < -0.3 is 14.8 Å². The van der Waals surface area contributed by atoms with Crippen LogP contribution in [0.15, 0.2) is 53.1 Å². The first-order valence-electron chi connectivity index (χ1n) is 6.88. The van der Waals surface area contributed by atoms with Crippen LogP contribution in [0.4, 0.5) is 0 Å². The minimum atomic E-state index is -0.243. The summed E-state index contributed by atoms with van der Waals surface area (Å²) in [6, 6.07) is 12.1. The Labute approximate surface area is 126 Å². The zero-order chi connectivity index (χ0) is 15.4. The molecule has 1 amide bonds. The number of aromatic amines is 1. The quantitative estimate of drug-likeness (QED) is 0.674. The number of H-pyrrole nitrogens is 1. The van der Waals surface area contributed by atoms with Gasteiger partial charge in [-0.15, -0.1) is 0 Å². The lowest BCUT2D eigenvalue weighted by atomic mass is 10.1. The Balaban J connectivity index is 1.55.